The van der Waals surface area contributed by atoms with Crippen LogP contribution in [0.1, 0.15) is 36.1 Å². The molecule has 2 aromatic carbocycles. The van der Waals surface area contributed by atoms with Crippen LogP contribution in [0.4, 0.5) is 0 Å². The normalized spacial score (nSPS) is 21.8. The molecule has 4 heteroatoms. The molecule has 4 nitrogen and oxygen atoms in total. The molecule has 1 aliphatic carbocycles. The lowest BCUT2D eigenvalue weighted by Gasteiger charge is -2.29. The molecule has 1 amide bonds. The number of hydrazone groups is 1. The number of nitrogens with zero attached hydrogens (tertiary/aromatic N) is 2. The van der Waals surface area contributed by atoms with E-state index in [1.54, 1.807) is 19.0 Å². The van der Waals surface area contributed by atoms with Crippen molar-refractivity contribution < 1.29 is 9.53 Å². The first kappa shape index (κ1) is 14.9. The van der Waals surface area contributed by atoms with Crippen molar-refractivity contribution in [3.63, 3.8) is 0 Å². The first-order valence-electron chi connectivity index (χ1n) is 8.29. The molecule has 0 N–H and O–H groups in total. The van der Waals surface area contributed by atoms with Gasteiger partial charge in [-0.1, -0.05) is 36.4 Å². The summed E-state index contributed by atoms with van der Waals surface area (Å²) in [5.74, 6) is 1.04. The Kier molecular flexibility index (Phi) is 3.60. The average Bonchev–Trinajstić information content (AvgIpc) is 3.02. The van der Waals surface area contributed by atoms with E-state index < -0.39 is 0 Å². The molecule has 1 aliphatic heterocycles. The second-order valence-corrected chi connectivity index (χ2v) is 6.37. The van der Waals surface area contributed by atoms with Crippen LogP contribution in [0, 0.1) is 5.92 Å². The standard InChI is InChI=1S/C20H20N2O2/c1-13(23)22-20(15-6-4-3-5-7-15)17-11-9-14-8-10-16(24-2)12-18(14)19(17)21-22/h3-8,10,12,17,20H,9,11H2,1-2H3/t17-,20-/m0/s1. The molecule has 0 aromatic heterocycles. The zero-order valence-electron chi connectivity index (χ0n) is 13.9. The number of carbonyl (C=O) groups is 1. The molecule has 4 rings (SSSR count). The van der Waals surface area contributed by atoms with Gasteiger partial charge in [0.05, 0.1) is 18.9 Å². The summed E-state index contributed by atoms with van der Waals surface area (Å²) in [7, 11) is 1.67. The number of aryl methyl sites for hydroxylation is 1. The zero-order valence-corrected chi connectivity index (χ0v) is 13.9. The van der Waals surface area contributed by atoms with Crippen LogP contribution in [0.3, 0.4) is 0 Å². The fourth-order valence-corrected chi connectivity index (χ4v) is 3.86. The first-order chi connectivity index (χ1) is 11.7. The van der Waals surface area contributed by atoms with Crippen molar-refractivity contribution in [1.82, 2.24) is 5.01 Å². The number of carbonyl (C=O) groups excluding carboxylic acids is 1. The number of fused-ring (bicyclic) bond motifs is 3. The molecule has 0 unspecified atom stereocenters. The highest BCUT2D eigenvalue weighted by Crippen LogP contribution is 2.43. The maximum Gasteiger partial charge on any atom is 0.240 e. The van der Waals surface area contributed by atoms with Crippen LogP contribution < -0.4 is 4.74 Å². The Morgan fingerprint density at radius 2 is 2.00 bits per heavy atom. The Balaban J connectivity index is 1.81. The van der Waals surface area contributed by atoms with Gasteiger partial charge < -0.3 is 4.74 Å². The fraction of sp³-hybridized carbons (Fsp3) is 0.300. The van der Waals surface area contributed by atoms with Crippen molar-refractivity contribution in [1.29, 1.82) is 0 Å². The topological polar surface area (TPSA) is 41.9 Å². The van der Waals surface area contributed by atoms with Crippen LogP contribution in [0.2, 0.25) is 0 Å². The summed E-state index contributed by atoms with van der Waals surface area (Å²) >= 11 is 0. The minimum absolute atomic E-state index is 0.0157. The summed E-state index contributed by atoms with van der Waals surface area (Å²) in [4.78, 5) is 12.2. The van der Waals surface area contributed by atoms with E-state index in [9.17, 15) is 4.79 Å². The molecule has 0 bridgehead atoms. The highest BCUT2D eigenvalue weighted by atomic mass is 16.5. The SMILES string of the molecule is COc1ccc2c(c1)C1=NN(C(C)=O)[C@@H](c3ccccc3)[C@H]1CC2. The van der Waals surface area contributed by atoms with Crippen LogP contribution >= 0.6 is 0 Å². The number of benzene rings is 2. The molecule has 0 saturated heterocycles. The molecule has 0 spiro atoms. The molecule has 2 atom stereocenters. The van der Waals surface area contributed by atoms with Gasteiger partial charge in [0.15, 0.2) is 0 Å². The summed E-state index contributed by atoms with van der Waals surface area (Å²) < 4.78 is 5.38. The molecule has 0 saturated carbocycles. The van der Waals surface area contributed by atoms with Gasteiger partial charge in [0.2, 0.25) is 5.91 Å². The van der Waals surface area contributed by atoms with Crippen LogP contribution in [0.25, 0.3) is 0 Å². The quantitative estimate of drug-likeness (QED) is 0.849. The van der Waals surface area contributed by atoms with Crippen molar-refractivity contribution >= 4 is 11.6 Å². The average molecular weight is 320 g/mol. The third-order valence-electron chi connectivity index (χ3n) is 4.99. The highest BCUT2D eigenvalue weighted by Gasteiger charge is 2.42. The summed E-state index contributed by atoms with van der Waals surface area (Å²) in [5.41, 5.74) is 4.56. The maximum atomic E-state index is 12.2. The predicted molar refractivity (Wildman–Crippen MR) is 93.0 cm³/mol. The molecule has 2 aromatic rings. The smallest absolute Gasteiger partial charge is 0.240 e. The molecule has 2 aliphatic rings. The predicted octanol–water partition coefficient (Wildman–Crippen LogP) is 3.57. The van der Waals surface area contributed by atoms with Crippen LogP contribution in [-0.2, 0) is 11.2 Å². The summed E-state index contributed by atoms with van der Waals surface area (Å²) in [6, 6.07) is 16.3. The van der Waals surface area contributed by atoms with Gasteiger partial charge in [-0.2, -0.15) is 5.10 Å². The van der Waals surface area contributed by atoms with Crippen molar-refractivity contribution in [3.8, 4) is 5.75 Å². The van der Waals surface area contributed by atoms with Gasteiger partial charge >= 0.3 is 0 Å². The lowest BCUT2D eigenvalue weighted by Crippen LogP contribution is -2.31. The molecule has 24 heavy (non-hydrogen) atoms. The Morgan fingerprint density at radius 3 is 2.71 bits per heavy atom. The Morgan fingerprint density at radius 1 is 1.21 bits per heavy atom. The van der Waals surface area contributed by atoms with Gasteiger partial charge in [0, 0.05) is 18.4 Å². The molecule has 0 fully saturated rings. The van der Waals surface area contributed by atoms with Gasteiger partial charge in [0.1, 0.15) is 5.75 Å². The number of hydrogen-bond donors (Lipinski definition) is 0. The van der Waals surface area contributed by atoms with Crippen LogP contribution in [-0.4, -0.2) is 23.7 Å². The van der Waals surface area contributed by atoms with Gasteiger partial charge in [-0.25, -0.2) is 5.01 Å². The third-order valence-corrected chi connectivity index (χ3v) is 4.99. The Hall–Kier alpha value is -2.62. The largest absolute Gasteiger partial charge is 0.497 e. The molecular weight excluding hydrogens is 300 g/mol. The molecule has 1 heterocycles. The van der Waals surface area contributed by atoms with Crippen molar-refractivity contribution in [2.24, 2.45) is 11.0 Å². The second-order valence-electron chi connectivity index (χ2n) is 6.37. The van der Waals surface area contributed by atoms with Gasteiger partial charge in [-0.3, -0.25) is 4.79 Å². The summed E-state index contributed by atoms with van der Waals surface area (Å²) in [5, 5.41) is 6.39. The Labute approximate surface area is 141 Å². The van der Waals surface area contributed by atoms with Gasteiger partial charge in [0.25, 0.3) is 0 Å². The number of methoxy groups -OCH3 is 1. The summed E-state index contributed by atoms with van der Waals surface area (Å²) in [6.07, 6.45) is 2.00. The minimum Gasteiger partial charge on any atom is -0.497 e. The van der Waals surface area contributed by atoms with Crippen molar-refractivity contribution in [2.75, 3.05) is 7.11 Å². The van der Waals surface area contributed by atoms with E-state index in [2.05, 4.69) is 18.2 Å². The van der Waals surface area contributed by atoms with E-state index >= 15 is 0 Å². The lowest BCUT2D eigenvalue weighted by molar-refractivity contribution is -0.131. The van der Waals surface area contributed by atoms with Gasteiger partial charge in [-0.15, -0.1) is 0 Å². The zero-order chi connectivity index (χ0) is 16.7. The molecule has 0 radical (unpaired) electrons. The highest BCUT2D eigenvalue weighted by molar-refractivity contribution is 6.07. The number of ether oxygens (including phenoxy) is 1. The lowest BCUT2D eigenvalue weighted by atomic mass is 9.77. The summed E-state index contributed by atoms with van der Waals surface area (Å²) in [6.45, 7) is 1.59. The number of rotatable bonds is 2. The Bertz CT molecular complexity index is 814. The minimum atomic E-state index is -0.0183. The molecule has 122 valence electrons. The monoisotopic (exact) mass is 320 g/mol. The number of hydrogen-bond acceptors (Lipinski definition) is 3. The molecular formula is C20H20N2O2. The van der Waals surface area contributed by atoms with Crippen molar-refractivity contribution in [2.45, 2.75) is 25.8 Å². The number of amides is 1. The third kappa shape index (κ3) is 2.30. The van der Waals surface area contributed by atoms with Crippen LogP contribution in [0.15, 0.2) is 53.6 Å². The van der Waals surface area contributed by atoms with Crippen LogP contribution in [0.5, 0.6) is 5.75 Å². The van der Waals surface area contributed by atoms with E-state index in [0.717, 1.165) is 35.4 Å². The van der Waals surface area contributed by atoms with Crippen molar-refractivity contribution in [3.05, 3.63) is 65.2 Å². The van der Waals surface area contributed by atoms with E-state index in [4.69, 9.17) is 9.84 Å². The van der Waals surface area contributed by atoms with E-state index in [1.165, 1.54) is 5.56 Å². The van der Waals surface area contributed by atoms with E-state index in [-0.39, 0.29) is 17.9 Å². The van der Waals surface area contributed by atoms with Gasteiger partial charge in [-0.05, 0) is 36.1 Å². The van der Waals surface area contributed by atoms with E-state index in [0.29, 0.717) is 0 Å². The first-order valence-corrected chi connectivity index (χ1v) is 8.29. The van der Waals surface area contributed by atoms with E-state index in [1.807, 2.05) is 30.3 Å². The second kappa shape index (κ2) is 5.78. The fourth-order valence-electron chi connectivity index (χ4n) is 3.86. The maximum absolute atomic E-state index is 12.2.